The van der Waals surface area contributed by atoms with Crippen molar-refractivity contribution in [2.75, 3.05) is 83.0 Å². The minimum absolute atomic E-state index is 0.0189. The average Bonchev–Trinajstić information content (AvgIpc) is 1.78. The maximum absolute atomic E-state index is 14.8. The molecule has 0 aromatic heterocycles. The number of methoxy groups -OCH3 is 2. The number of carbonyl (C=O) groups is 7. The monoisotopic (exact) mass is 1390 g/mol. The first-order valence-corrected chi connectivity index (χ1v) is 39.1. The molecule has 2 heterocycles. The summed E-state index contributed by atoms with van der Waals surface area (Å²) in [6, 6.07) is 11.4. The van der Waals surface area contributed by atoms with E-state index in [0.717, 1.165) is 11.1 Å². The number of nitrogens with zero attached hydrogens (tertiary/aromatic N) is 2. The minimum Gasteiger partial charge on any atom is -0.493 e. The Morgan fingerprint density at radius 2 is 1.07 bits per heavy atom. The molecule has 3 aromatic rings. The Morgan fingerprint density at radius 1 is 0.598 bits per heavy atom. The van der Waals surface area contributed by atoms with Crippen LogP contribution in [0.5, 0.6) is 23.0 Å². The van der Waals surface area contributed by atoms with Gasteiger partial charge in [0.2, 0.25) is 11.8 Å². The van der Waals surface area contributed by atoms with Crippen molar-refractivity contribution in [3.8, 4) is 23.0 Å². The summed E-state index contributed by atoms with van der Waals surface area (Å²) < 4.78 is 59.0. The Hall–Kier alpha value is -7.92. The van der Waals surface area contributed by atoms with E-state index in [4.69, 9.17) is 46.7 Å². The Bertz CT molecular complexity index is 3270. The van der Waals surface area contributed by atoms with E-state index in [-0.39, 0.29) is 144 Å². The molecule has 2 aliphatic rings. The van der Waals surface area contributed by atoms with Crippen molar-refractivity contribution in [1.29, 1.82) is 0 Å². The van der Waals surface area contributed by atoms with Gasteiger partial charge in [-0.25, -0.2) is 14.4 Å². The number of anilines is 3. The third-order valence-electron chi connectivity index (χ3n) is 17.4. The molecule has 0 saturated carbocycles. The van der Waals surface area contributed by atoms with Gasteiger partial charge < -0.3 is 67.2 Å². The Balaban J connectivity index is 1.23. The fourth-order valence-electron chi connectivity index (χ4n) is 9.78. The van der Waals surface area contributed by atoms with Crippen LogP contribution in [0.4, 0.5) is 31.4 Å². The molecular weight excluding hydrogens is 1280 g/mol. The van der Waals surface area contributed by atoms with Gasteiger partial charge in [-0.2, -0.15) is 0 Å². The molecule has 3 aromatic carbocycles. The van der Waals surface area contributed by atoms with Crippen LogP contribution in [0.15, 0.2) is 84.7 Å². The van der Waals surface area contributed by atoms with Crippen molar-refractivity contribution in [2.24, 2.45) is 5.92 Å². The summed E-state index contributed by atoms with van der Waals surface area (Å²) in [7, 11) is -1.41. The molecular formula is C71H107N7O17Si2. The lowest BCUT2D eigenvalue weighted by Crippen LogP contribution is -2.51. The third-order valence-corrected chi connectivity index (χ3v) is 26.4. The van der Waals surface area contributed by atoms with E-state index >= 15 is 0 Å². The van der Waals surface area contributed by atoms with Crippen molar-refractivity contribution in [1.82, 2.24) is 20.4 Å². The number of carbonyl (C=O) groups excluding carboxylic acids is 7. The van der Waals surface area contributed by atoms with Crippen molar-refractivity contribution < 1.29 is 80.3 Å². The van der Waals surface area contributed by atoms with Crippen molar-refractivity contribution >= 4 is 75.6 Å². The number of hydrogen-bond acceptors (Lipinski definition) is 17. The molecule has 2 aliphatic heterocycles. The standard InChI is InChI=1S/C71H107N7O17Si2/c1-20-29-91-68(84)74-56-39-60(58(86-14)37-54(56)65(81)77-41-48(6)35-52(77)44-94-96(16,17)70(8,9)10)89-30-22-21-23-31-90-61-40-57(55(38-59(61)87-15)66(82)78-42-49(7)36-53(78)45-95-97(18,19)71(11,12)13)75-69(85)93-43-50-24-26-51(27-25-50)73-67(83)92-34-33-88-32-28-62(79)76-63(46(2)3)64(80)72-47(4)5/h20,24-27,37-42,46-47,52-53,63H,1,21-23,28-36,43-45H2,2-19H3,(H,72,80)(H,73,83)(H,74,84)(H,75,85)(H,76,79)/t52-,53-,63-/m0/s1. The van der Waals surface area contributed by atoms with Gasteiger partial charge in [-0.1, -0.05) is 91.3 Å². The number of amides is 7. The maximum Gasteiger partial charge on any atom is 0.411 e. The predicted molar refractivity (Wildman–Crippen MR) is 380 cm³/mol. The summed E-state index contributed by atoms with van der Waals surface area (Å²) in [6.07, 6.45) is 5.70. The molecule has 5 N–H and O–H groups in total. The molecule has 24 nitrogen and oxygen atoms in total. The van der Waals surface area contributed by atoms with Gasteiger partial charge in [0.05, 0.1) is 88.4 Å². The SMILES string of the molecule is C=CCOC(=O)Nc1cc(OCCCCCOc2cc(NC(=O)OCc3ccc(NC(=O)OCCOCCC(=O)N[C@H](C(=O)NC(C)C)C(C)C)cc3)c(C(=O)N3C=C(C)C[C@H]3CO[Si](C)(C)C(C)(C)C)cc2OC)c(OC)cc1C(=O)N1C=C(C)C[C@H]1CO[Si](C)(C)C(C)(C)C. The zero-order valence-corrected chi connectivity index (χ0v) is 62.4. The molecule has 0 radical (unpaired) electrons. The van der Waals surface area contributed by atoms with Gasteiger partial charge in [-0.3, -0.25) is 35.1 Å². The quantitative estimate of drug-likeness (QED) is 0.0158. The van der Waals surface area contributed by atoms with Crippen LogP contribution in [-0.2, 0) is 44.0 Å². The highest BCUT2D eigenvalue weighted by molar-refractivity contribution is 6.74. The lowest BCUT2D eigenvalue weighted by molar-refractivity contribution is -0.130. The average molecular weight is 1390 g/mol. The Kier molecular flexibility index (Phi) is 30.1. The van der Waals surface area contributed by atoms with E-state index in [1.165, 1.54) is 20.3 Å². The molecule has 97 heavy (non-hydrogen) atoms. The number of benzene rings is 3. The predicted octanol–water partition coefficient (Wildman–Crippen LogP) is 13.7. The van der Waals surface area contributed by atoms with Gasteiger partial charge in [0.15, 0.2) is 39.6 Å². The zero-order chi connectivity index (χ0) is 72.0. The van der Waals surface area contributed by atoms with Gasteiger partial charge >= 0.3 is 18.3 Å². The number of hydrogen-bond donors (Lipinski definition) is 5. The molecule has 0 unspecified atom stereocenters. The van der Waals surface area contributed by atoms with E-state index < -0.39 is 46.9 Å². The van der Waals surface area contributed by atoms with Gasteiger partial charge in [0.25, 0.3) is 11.8 Å². The highest BCUT2D eigenvalue weighted by Crippen LogP contribution is 2.41. The van der Waals surface area contributed by atoms with Gasteiger partial charge in [0.1, 0.15) is 25.9 Å². The summed E-state index contributed by atoms with van der Waals surface area (Å²) in [4.78, 5) is 97.0. The molecule has 7 amide bonds. The van der Waals surface area contributed by atoms with Crippen LogP contribution >= 0.6 is 0 Å². The van der Waals surface area contributed by atoms with Gasteiger partial charge in [-0.05, 0) is 132 Å². The van der Waals surface area contributed by atoms with E-state index in [1.807, 2.05) is 53.9 Å². The van der Waals surface area contributed by atoms with Crippen molar-refractivity contribution in [2.45, 2.75) is 189 Å². The van der Waals surface area contributed by atoms with Crippen LogP contribution < -0.4 is 45.5 Å². The zero-order valence-electron chi connectivity index (χ0n) is 60.4. The third kappa shape index (κ3) is 24.2. The highest BCUT2D eigenvalue weighted by Gasteiger charge is 2.42. The number of nitrogens with one attached hydrogen (secondary N) is 5. The molecule has 3 atom stereocenters. The second-order valence-corrected chi connectivity index (χ2v) is 37.7. The smallest absolute Gasteiger partial charge is 0.411 e. The summed E-state index contributed by atoms with van der Waals surface area (Å²) in [6.45, 7) is 37.5. The topological polar surface area (TPSA) is 278 Å². The normalized spacial score (nSPS) is 15.2. The van der Waals surface area contributed by atoms with Crippen LogP contribution in [0.1, 0.15) is 148 Å². The van der Waals surface area contributed by atoms with E-state index in [1.54, 1.807) is 58.3 Å². The number of ether oxygens (including phenoxy) is 8. The molecule has 536 valence electrons. The largest absolute Gasteiger partial charge is 0.493 e. The Labute approximate surface area is 575 Å². The number of unbranched alkanes of at least 4 members (excludes halogenated alkanes) is 2. The summed E-state index contributed by atoms with van der Waals surface area (Å²) in [5.74, 6) is -0.366. The minimum atomic E-state index is -2.20. The fourth-order valence-corrected chi connectivity index (χ4v) is 11.9. The number of rotatable bonds is 35. The molecule has 0 spiro atoms. The Morgan fingerprint density at radius 3 is 1.52 bits per heavy atom. The van der Waals surface area contributed by atoms with Crippen LogP contribution in [0.25, 0.3) is 0 Å². The molecule has 0 aliphatic carbocycles. The maximum atomic E-state index is 14.8. The lowest BCUT2D eigenvalue weighted by Gasteiger charge is -2.38. The highest BCUT2D eigenvalue weighted by atomic mass is 28.4. The molecule has 26 heteroatoms. The van der Waals surface area contributed by atoms with E-state index in [0.29, 0.717) is 62.3 Å². The molecule has 0 fully saturated rings. The van der Waals surface area contributed by atoms with Crippen LogP contribution in [0, 0.1) is 5.92 Å². The first-order valence-electron chi connectivity index (χ1n) is 33.2. The second kappa shape index (κ2) is 36.6. The summed E-state index contributed by atoms with van der Waals surface area (Å²) in [5.41, 5.74) is 3.59. The first-order chi connectivity index (χ1) is 45.6. The van der Waals surface area contributed by atoms with Crippen molar-refractivity contribution in [3.05, 3.63) is 101 Å². The fraction of sp³-hybridized carbons (Fsp3) is 0.563. The van der Waals surface area contributed by atoms with Gasteiger partial charge in [-0.15, -0.1) is 0 Å². The lowest BCUT2D eigenvalue weighted by atomic mass is 10.0. The van der Waals surface area contributed by atoms with E-state index in [2.05, 4.69) is 101 Å². The second-order valence-electron chi connectivity index (χ2n) is 28.1. The van der Waals surface area contributed by atoms with E-state index in [9.17, 15) is 33.6 Å². The van der Waals surface area contributed by atoms with Gasteiger partial charge in [0, 0.05) is 42.7 Å². The molecule has 0 bridgehead atoms. The van der Waals surface area contributed by atoms with Crippen LogP contribution in [0.2, 0.25) is 36.3 Å². The molecule has 0 saturated heterocycles. The summed E-state index contributed by atoms with van der Waals surface area (Å²) in [5, 5.41) is 13.6. The molecule has 5 rings (SSSR count). The van der Waals surface area contributed by atoms with Crippen molar-refractivity contribution in [3.63, 3.8) is 0 Å². The van der Waals surface area contributed by atoms with Crippen LogP contribution in [-0.4, -0.2) is 160 Å². The summed E-state index contributed by atoms with van der Waals surface area (Å²) >= 11 is 0. The first kappa shape index (κ1) is 79.8. The van der Waals surface area contributed by atoms with Crippen LogP contribution in [0.3, 0.4) is 0 Å².